The van der Waals surface area contributed by atoms with Crippen molar-refractivity contribution in [2.75, 3.05) is 19.8 Å². The molecule has 0 radical (unpaired) electrons. The van der Waals surface area contributed by atoms with Crippen molar-refractivity contribution in [1.82, 2.24) is 0 Å². The Bertz CT molecular complexity index is 490. The Morgan fingerprint density at radius 2 is 1.00 bits per heavy atom. The summed E-state index contributed by atoms with van der Waals surface area (Å²) in [6, 6.07) is 0. The van der Waals surface area contributed by atoms with Crippen molar-refractivity contribution >= 4 is 5.97 Å². The van der Waals surface area contributed by atoms with E-state index in [4.69, 9.17) is 0 Å². The van der Waals surface area contributed by atoms with E-state index in [1.807, 2.05) is 0 Å². The van der Waals surface area contributed by atoms with Crippen LogP contribution in [-0.4, -0.2) is 79.8 Å². The molecule has 0 bridgehead atoms. The molecule has 0 fully saturated rings. The lowest BCUT2D eigenvalue weighted by atomic mass is 9.64. The van der Waals surface area contributed by atoms with Crippen molar-refractivity contribution in [1.29, 1.82) is 0 Å². The zero-order valence-corrected chi connectivity index (χ0v) is 22.0. The van der Waals surface area contributed by atoms with Gasteiger partial charge < -0.3 is 35.7 Å². The van der Waals surface area contributed by atoms with Gasteiger partial charge in [-0.1, -0.05) is 90.4 Å². The van der Waals surface area contributed by atoms with E-state index in [1.54, 1.807) is 0 Å². The van der Waals surface area contributed by atoms with Crippen LogP contribution in [0.1, 0.15) is 116 Å². The first kappa shape index (κ1) is 34.2. The Morgan fingerprint density at radius 3 is 1.34 bits per heavy atom. The minimum Gasteiger partial charge on any atom is -0.481 e. The van der Waals surface area contributed by atoms with Crippen molar-refractivity contribution in [3.63, 3.8) is 0 Å². The molecule has 4 atom stereocenters. The summed E-state index contributed by atoms with van der Waals surface area (Å²) < 4.78 is 0. The van der Waals surface area contributed by atoms with Crippen molar-refractivity contribution in [2.45, 2.75) is 134 Å². The molecule has 0 aliphatic rings. The zero-order valence-electron chi connectivity index (χ0n) is 22.0. The molecule has 0 aromatic heterocycles. The number of carboxylic acid groups (broad SMARTS) is 1. The quantitative estimate of drug-likeness (QED) is 0.0928. The predicted molar refractivity (Wildman–Crippen MR) is 137 cm³/mol. The van der Waals surface area contributed by atoms with Gasteiger partial charge in [0, 0.05) is 0 Å². The number of rotatable bonds is 25. The van der Waals surface area contributed by atoms with Gasteiger partial charge in [-0.3, -0.25) is 4.79 Å². The molecule has 0 rings (SSSR count). The molecular weight excluding hydrogens is 452 g/mol. The van der Waals surface area contributed by atoms with Gasteiger partial charge in [-0.25, -0.2) is 0 Å². The van der Waals surface area contributed by atoms with E-state index in [0.29, 0.717) is 6.42 Å². The van der Waals surface area contributed by atoms with Crippen molar-refractivity contribution in [3.05, 3.63) is 0 Å². The first-order valence-electron chi connectivity index (χ1n) is 13.9. The molecule has 35 heavy (non-hydrogen) atoms. The lowest BCUT2D eigenvalue weighted by molar-refractivity contribution is -0.161. The van der Waals surface area contributed by atoms with Crippen LogP contribution in [0.4, 0.5) is 0 Å². The maximum Gasteiger partial charge on any atom is 0.310 e. The highest BCUT2D eigenvalue weighted by Gasteiger charge is 2.48. The van der Waals surface area contributed by atoms with Gasteiger partial charge in [0.05, 0.1) is 43.5 Å². The van der Waals surface area contributed by atoms with Gasteiger partial charge in [0.25, 0.3) is 0 Å². The van der Waals surface area contributed by atoms with Crippen LogP contribution in [0.5, 0.6) is 0 Å². The predicted octanol–water partition coefficient (Wildman–Crippen LogP) is 3.38. The molecule has 0 spiro atoms. The topological polar surface area (TPSA) is 159 Å². The lowest BCUT2D eigenvalue weighted by Gasteiger charge is -2.40. The first-order chi connectivity index (χ1) is 16.8. The number of aliphatic hydroxyl groups excluding tert-OH is 6. The molecule has 8 heteroatoms. The molecule has 0 aliphatic carbocycles. The minimum atomic E-state index is -1.64. The molecule has 0 aromatic carbocycles. The number of hydrogen-bond acceptors (Lipinski definition) is 7. The van der Waals surface area contributed by atoms with Crippen molar-refractivity contribution in [2.24, 2.45) is 11.3 Å². The summed E-state index contributed by atoms with van der Waals surface area (Å²) in [4.78, 5) is 12.4. The summed E-state index contributed by atoms with van der Waals surface area (Å²) in [5, 5.41) is 68.4. The van der Waals surface area contributed by atoms with Crippen LogP contribution in [0.3, 0.4) is 0 Å². The molecule has 210 valence electrons. The maximum absolute atomic E-state index is 12.4. The molecule has 0 saturated heterocycles. The van der Waals surface area contributed by atoms with E-state index in [2.05, 4.69) is 6.92 Å². The molecule has 0 aliphatic heterocycles. The minimum absolute atomic E-state index is 0.00263. The SMILES string of the molecule is CCCCCCCCCCCCCCCC(CC(O)CO)C(CC(O)CO)(CC(O)CO)C(=O)O. The number of carbonyl (C=O) groups is 1. The highest BCUT2D eigenvalue weighted by Crippen LogP contribution is 2.43. The lowest BCUT2D eigenvalue weighted by Crippen LogP contribution is -2.46. The van der Waals surface area contributed by atoms with Crippen LogP contribution >= 0.6 is 0 Å². The molecular formula is C27H54O8. The van der Waals surface area contributed by atoms with Crippen LogP contribution < -0.4 is 0 Å². The summed E-state index contributed by atoms with van der Waals surface area (Å²) in [6.45, 7) is 0.455. The molecule has 0 heterocycles. The summed E-state index contributed by atoms with van der Waals surface area (Å²) in [6.07, 6.45) is 11.5. The molecule has 0 amide bonds. The number of aliphatic carboxylic acids is 1. The van der Waals surface area contributed by atoms with Crippen molar-refractivity contribution in [3.8, 4) is 0 Å². The average Bonchev–Trinajstić information content (AvgIpc) is 2.84. The van der Waals surface area contributed by atoms with E-state index in [-0.39, 0.29) is 19.3 Å². The summed E-state index contributed by atoms with van der Waals surface area (Å²) in [5.41, 5.74) is -1.64. The normalized spacial score (nSPS) is 17.0. The Morgan fingerprint density at radius 1 is 0.629 bits per heavy atom. The third-order valence-electron chi connectivity index (χ3n) is 7.25. The van der Waals surface area contributed by atoms with Crippen LogP contribution in [0.15, 0.2) is 0 Å². The van der Waals surface area contributed by atoms with Gasteiger partial charge in [-0.15, -0.1) is 0 Å². The zero-order chi connectivity index (χ0) is 26.5. The molecule has 0 saturated carbocycles. The van der Waals surface area contributed by atoms with E-state index >= 15 is 0 Å². The smallest absolute Gasteiger partial charge is 0.310 e. The number of carboxylic acids is 1. The average molecular weight is 507 g/mol. The van der Waals surface area contributed by atoms with Crippen molar-refractivity contribution < 1.29 is 40.5 Å². The standard InChI is InChI=1S/C27H54O8/c1-2-3-4-5-6-7-8-9-10-11-12-13-14-15-22(16-23(31)19-28)27(26(34)35,17-24(32)20-29)18-25(33)21-30/h22-25,28-33H,2-21H2,1H3,(H,34,35). The second kappa shape index (κ2) is 21.3. The van der Waals surface area contributed by atoms with Gasteiger partial charge in [0.1, 0.15) is 0 Å². The van der Waals surface area contributed by atoms with E-state index < -0.39 is 55.4 Å². The fourth-order valence-corrected chi connectivity index (χ4v) is 5.17. The van der Waals surface area contributed by atoms with E-state index in [9.17, 15) is 40.5 Å². The summed E-state index contributed by atoms with van der Waals surface area (Å²) in [5.74, 6) is -1.89. The Balaban J connectivity index is 4.79. The van der Waals surface area contributed by atoms with E-state index in [1.165, 1.54) is 57.8 Å². The summed E-state index contributed by atoms with van der Waals surface area (Å²) in [7, 11) is 0. The molecule has 7 N–H and O–H groups in total. The number of unbranched alkanes of at least 4 members (excludes halogenated alkanes) is 12. The maximum atomic E-state index is 12.4. The number of aliphatic hydroxyl groups is 6. The van der Waals surface area contributed by atoms with Crippen LogP contribution in [-0.2, 0) is 4.79 Å². The van der Waals surface area contributed by atoms with Gasteiger partial charge in [0.15, 0.2) is 0 Å². The van der Waals surface area contributed by atoms with E-state index in [0.717, 1.165) is 25.7 Å². The monoisotopic (exact) mass is 506 g/mol. The third kappa shape index (κ3) is 15.2. The number of hydrogen-bond donors (Lipinski definition) is 7. The Hall–Kier alpha value is -0.770. The highest BCUT2D eigenvalue weighted by atomic mass is 16.4. The van der Waals surface area contributed by atoms with Crippen LogP contribution in [0.25, 0.3) is 0 Å². The molecule has 8 nitrogen and oxygen atoms in total. The van der Waals surface area contributed by atoms with Crippen LogP contribution in [0, 0.1) is 11.3 Å². The highest BCUT2D eigenvalue weighted by molar-refractivity contribution is 5.75. The summed E-state index contributed by atoms with van der Waals surface area (Å²) >= 11 is 0. The van der Waals surface area contributed by atoms with Gasteiger partial charge in [0.2, 0.25) is 0 Å². The van der Waals surface area contributed by atoms with Gasteiger partial charge in [-0.2, -0.15) is 0 Å². The molecule has 0 aromatic rings. The Labute approximate surface area is 212 Å². The van der Waals surface area contributed by atoms with Crippen LogP contribution in [0.2, 0.25) is 0 Å². The van der Waals surface area contributed by atoms with Gasteiger partial charge >= 0.3 is 5.97 Å². The molecule has 4 unspecified atom stereocenters. The van der Waals surface area contributed by atoms with Gasteiger partial charge in [-0.05, 0) is 31.6 Å². The fourth-order valence-electron chi connectivity index (χ4n) is 5.17. The second-order valence-electron chi connectivity index (χ2n) is 10.3. The fraction of sp³-hybridized carbons (Fsp3) is 0.963. The first-order valence-corrected chi connectivity index (χ1v) is 13.9. The largest absolute Gasteiger partial charge is 0.481 e. The Kier molecular flexibility index (Phi) is 20.9. The second-order valence-corrected chi connectivity index (χ2v) is 10.3. The third-order valence-corrected chi connectivity index (χ3v) is 7.25.